The Morgan fingerprint density at radius 2 is 1.81 bits per heavy atom. The minimum absolute atomic E-state index is 0.000864. The van der Waals surface area contributed by atoms with Crippen molar-refractivity contribution < 1.29 is 28.6 Å². The van der Waals surface area contributed by atoms with Gasteiger partial charge in [-0.2, -0.15) is 0 Å². The maximum Gasteiger partial charge on any atom is 0.373 e. The summed E-state index contributed by atoms with van der Waals surface area (Å²) in [6.45, 7) is 15.4. The molecule has 0 spiro atoms. The van der Waals surface area contributed by atoms with Gasteiger partial charge in [-0.15, -0.1) is 0 Å². The van der Waals surface area contributed by atoms with Crippen LogP contribution in [0.15, 0.2) is 71.2 Å². The molecule has 2 amide bonds. The first kappa shape index (κ1) is 36.9. The maximum atomic E-state index is 12.9. The smallest absolute Gasteiger partial charge is 0.373 e. The second-order valence-corrected chi connectivity index (χ2v) is 12.3. The zero-order valence-corrected chi connectivity index (χ0v) is 27.3. The van der Waals surface area contributed by atoms with E-state index < -0.39 is 17.4 Å². The Morgan fingerprint density at radius 3 is 2.38 bits per heavy atom. The molecule has 234 valence electrons. The van der Waals surface area contributed by atoms with Gasteiger partial charge in [0.2, 0.25) is 11.8 Å². The monoisotopic (exact) mass is 604 g/mol. The Hall–Kier alpha value is -3.10. The van der Waals surface area contributed by atoms with Crippen molar-refractivity contribution in [3.05, 3.63) is 71.2 Å². The molecule has 42 heavy (non-hydrogen) atoms. The number of methoxy groups -OCH3 is 1. The van der Waals surface area contributed by atoms with Gasteiger partial charge < -0.3 is 24.8 Å². The fourth-order valence-electron chi connectivity index (χ4n) is 4.16. The molecule has 9 heteroatoms. The lowest BCUT2D eigenvalue weighted by Gasteiger charge is -2.29. The summed E-state index contributed by atoms with van der Waals surface area (Å²) in [6.07, 6.45) is 17.3. The molecule has 4 atom stereocenters. The van der Waals surface area contributed by atoms with E-state index in [9.17, 15) is 14.4 Å². The number of nitrogens with one attached hydrogen (secondary N) is 2. The second kappa shape index (κ2) is 18.4. The summed E-state index contributed by atoms with van der Waals surface area (Å²) in [5, 5.41) is 6.31. The zero-order chi connectivity index (χ0) is 31.9. The third kappa shape index (κ3) is 14.7. The lowest BCUT2D eigenvalue weighted by Crippen LogP contribution is -2.52. The van der Waals surface area contributed by atoms with Crippen LogP contribution in [-0.4, -0.2) is 49.2 Å². The van der Waals surface area contributed by atoms with Crippen molar-refractivity contribution in [2.24, 2.45) is 11.3 Å². The molecular weight excluding hydrogens is 556 g/mol. The fourth-order valence-corrected chi connectivity index (χ4v) is 4.25. The maximum absolute atomic E-state index is 12.9. The van der Waals surface area contributed by atoms with Crippen LogP contribution in [-0.2, 0) is 28.6 Å². The van der Waals surface area contributed by atoms with Gasteiger partial charge in [0.15, 0.2) is 5.76 Å². The molecule has 1 aliphatic rings. The van der Waals surface area contributed by atoms with E-state index >= 15 is 0 Å². The summed E-state index contributed by atoms with van der Waals surface area (Å²) in [7, 11) is 1.44. The van der Waals surface area contributed by atoms with E-state index in [1.165, 1.54) is 13.2 Å². The van der Waals surface area contributed by atoms with Crippen LogP contribution in [0.3, 0.4) is 0 Å². The molecule has 0 aromatic carbocycles. The number of rotatable bonds is 15. The Morgan fingerprint density at radius 1 is 1.14 bits per heavy atom. The molecule has 0 aromatic heterocycles. The molecule has 0 aromatic rings. The normalized spacial score (nSPS) is 19.2. The predicted molar refractivity (Wildman–Crippen MR) is 168 cm³/mol. The largest absolute Gasteiger partial charge is 0.490 e. The molecule has 0 bridgehead atoms. The highest BCUT2D eigenvalue weighted by atomic mass is 35.5. The summed E-state index contributed by atoms with van der Waals surface area (Å²) in [4.78, 5) is 37.5. The van der Waals surface area contributed by atoms with E-state index in [0.717, 1.165) is 5.57 Å². The summed E-state index contributed by atoms with van der Waals surface area (Å²) in [5.41, 5.74) is 0.444. The number of hydrogen-bond acceptors (Lipinski definition) is 6. The van der Waals surface area contributed by atoms with Gasteiger partial charge in [-0.25, -0.2) is 4.79 Å². The number of ether oxygens (including phenoxy) is 3. The molecule has 0 saturated carbocycles. The molecule has 2 N–H and O–H groups in total. The molecule has 1 heterocycles. The number of halogens is 1. The highest BCUT2D eigenvalue weighted by molar-refractivity contribution is 6.29. The molecule has 8 nitrogen and oxygen atoms in total. The van der Waals surface area contributed by atoms with Gasteiger partial charge in [0.25, 0.3) is 0 Å². The van der Waals surface area contributed by atoms with Crippen molar-refractivity contribution in [1.29, 1.82) is 0 Å². The Labute approximate surface area is 257 Å². The first-order valence-electron chi connectivity index (χ1n) is 14.4. The zero-order valence-electron chi connectivity index (χ0n) is 26.5. The average molecular weight is 605 g/mol. The summed E-state index contributed by atoms with van der Waals surface area (Å²) in [5.74, 6) is -0.905. The molecular formula is C33H49ClN2O6. The van der Waals surface area contributed by atoms with Gasteiger partial charge in [0.05, 0.1) is 19.3 Å². The van der Waals surface area contributed by atoms with Crippen LogP contribution in [0, 0.1) is 11.3 Å². The van der Waals surface area contributed by atoms with E-state index in [0.29, 0.717) is 24.3 Å². The standard InChI is InChI=1S/C33H49ClN2O6/c1-22(2)41-26(17-16-25(5)34)14-12-20-35-31(38)30(33(6,7)8)36-29(37)15-11-10-13-23(3)21-24(4)27-18-19-28(40-9)32(39)42-27/h10-13,15-16,19-22,24,26-27,30H,14,17-18H2,1-9H3,(H,35,38)(H,36,37)/b13-10-,15-11-,20-12-,23-21+,25-16+/t24-,26+,27-,30+/m0/s1. The summed E-state index contributed by atoms with van der Waals surface area (Å²) < 4.78 is 16.4. The van der Waals surface area contributed by atoms with Crippen molar-refractivity contribution >= 4 is 29.4 Å². The SMILES string of the molecule is COC1=CC[C@@H]([C@@H](C)/C=C(C)/C=C\C=C/C(=O)N[C@H](C(=O)N/C=C\C[C@H](C/C=C(\C)Cl)OC(C)C)C(C)(C)C)OC1=O. The molecule has 1 aliphatic heterocycles. The number of esters is 1. The van der Waals surface area contributed by atoms with Crippen molar-refractivity contribution in [2.75, 3.05) is 7.11 Å². The first-order valence-corrected chi connectivity index (χ1v) is 14.7. The Kier molecular flexibility index (Phi) is 16.2. The van der Waals surface area contributed by atoms with Crippen LogP contribution in [0.4, 0.5) is 0 Å². The van der Waals surface area contributed by atoms with E-state index in [4.69, 9.17) is 25.8 Å². The molecule has 0 aliphatic carbocycles. The highest BCUT2D eigenvalue weighted by Crippen LogP contribution is 2.23. The lowest BCUT2D eigenvalue weighted by atomic mass is 9.86. The van der Waals surface area contributed by atoms with E-state index in [2.05, 4.69) is 10.6 Å². The van der Waals surface area contributed by atoms with Gasteiger partial charge in [-0.05, 0) is 58.2 Å². The van der Waals surface area contributed by atoms with Crippen LogP contribution in [0.1, 0.15) is 74.7 Å². The molecule has 1 rings (SSSR count). The van der Waals surface area contributed by atoms with Gasteiger partial charge in [0, 0.05) is 23.4 Å². The summed E-state index contributed by atoms with van der Waals surface area (Å²) in [6, 6.07) is -0.749. The number of carbonyl (C=O) groups is 3. The van der Waals surface area contributed by atoms with Gasteiger partial charge in [-0.1, -0.05) is 81.3 Å². The van der Waals surface area contributed by atoms with E-state index in [1.807, 2.05) is 79.7 Å². The molecule has 0 saturated heterocycles. The third-order valence-electron chi connectivity index (χ3n) is 6.33. The van der Waals surface area contributed by atoms with Crippen LogP contribution >= 0.6 is 11.6 Å². The predicted octanol–water partition coefficient (Wildman–Crippen LogP) is 6.40. The third-order valence-corrected chi connectivity index (χ3v) is 6.48. The molecule has 0 fully saturated rings. The number of allylic oxidation sites excluding steroid dienone is 5. The van der Waals surface area contributed by atoms with E-state index in [1.54, 1.807) is 24.4 Å². The van der Waals surface area contributed by atoms with Crippen LogP contribution in [0.25, 0.3) is 0 Å². The number of amides is 2. The van der Waals surface area contributed by atoms with Crippen molar-refractivity contribution in [3.8, 4) is 0 Å². The van der Waals surface area contributed by atoms with Gasteiger partial charge >= 0.3 is 5.97 Å². The van der Waals surface area contributed by atoms with Crippen LogP contribution in [0.2, 0.25) is 0 Å². The van der Waals surface area contributed by atoms with Crippen molar-refractivity contribution in [3.63, 3.8) is 0 Å². The molecule has 0 radical (unpaired) electrons. The highest BCUT2D eigenvalue weighted by Gasteiger charge is 2.32. The van der Waals surface area contributed by atoms with Crippen molar-refractivity contribution in [2.45, 2.75) is 99.0 Å². The molecule has 0 unspecified atom stereocenters. The quantitative estimate of drug-likeness (QED) is 0.127. The van der Waals surface area contributed by atoms with Gasteiger partial charge in [0.1, 0.15) is 12.1 Å². The van der Waals surface area contributed by atoms with Gasteiger partial charge in [-0.3, -0.25) is 9.59 Å². The van der Waals surface area contributed by atoms with Crippen molar-refractivity contribution in [1.82, 2.24) is 10.6 Å². The number of hydrogen-bond donors (Lipinski definition) is 2. The Bertz CT molecular complexity index is 1090. The first-order chi connectivity index (χ1) is 19.6. The minimum atomic E-state index is -0.749. The Balaban J connectivity index is 2.70. The van der Waals surface area contributed by atoms with Crippen LogP contribution < -0.4 is 10.6 Å². The average Bonchev–Trinajstić information content (AvgIpc) is 2.89. The second-order valence-electron chi connectivity index (χ2n) is 11.7. The topological polar surface area (TPSA) is 103 Å². The minimum Gasteiger partial charge on any atom is -0.490 e. The fraction of sp³-hybridized carbons (Fsp3) is 0.545. The van der Waals surface area contributed by atoms with E-state index in [-0.39, 0.29) is 41.8 Å². The lowest BCUT2D eigenvalue weighted by molar-refractivity contribution is -0.151. The van der Waals surface area contributed by atoms with Crippen LogP contribution in [0.5, 0.6) is 0 Å². The summed E-state index contributed by atoms with van der Waals surface area (Å²) >= 11 is 5.96. The number of carbonyl (C=O) groups excluding carboxylic acids is 3. The number of cyclic esters (lactones) is 1.